The summed E-state index contributed by atoms with van der Waals surface area (Å²) in [5, 5.41) is 0. The predicted octanol–water partition coefficient (Wildman–Crippen LogP) is 7.42. The van der Waals surface area contributed by atoms with Gasteiger partial charge in [0.2, 0.25) is 0 Å². The molecule has 0 N–H and O–H groups in total. The van der Waals surface area contributed by atoms with E-state index in [0.717, 1.165) is 22.3 Å². The molecule has 6 nitrogen and oxygen atoms in total. The minimum atomic E-state index is -0.544. The Morgan fingerprint density at radius 3 is 1.63 bits per heavy atom. The van der Waals surface area contributed by atoms with E-state index in [9.17, 15) is 0 Å². The van der Waals surface area contributed by atoms with Crippen LogP contribution in [0.1, 0.15) is 22.3 Å². The Bertz CT molecular complexity index is 1970. The Labute approximate surface area is 248 Å². The molecule has 0 spiro atoms. The van der Waals surface area contributed by atoms with Crippen molar-refractivity contribution in [3.63, 3.8) is 0 Å². The van der Waals surface area contributed by atoms with Crippen LogP contribution >= 0.6 is 0 Å². The van der Waals surface area contributed by atoms with Gasteiger partial charge in [-0.15, -0.1) is 0 Å². The van der Waals surface area contributed by atoms with Gasteiger partial charge in [-0.3, -0.25) is 15.0 Å². The average molecular weight is 553 g/mol. The summed E-state index contributed by atoms with van der Waals surface area (Å²) >= 11 is 0. The van der Waals surface area contributed by atoms with Gasteiger partial charge in [0.25, 0.3) is 0 Å². The molecule has 8 rings (SSSR count). The molecule has 1 aliphatic rings. The summed E-state index contributed by atoms with van der Waals surface area (Å²) in [6.07, 6.45) is 10.8. The predicted molar refractivity (Wildman–Crippen MR) is 167 cm³/mol. The zero-order valence-electron chi connectivity index (χ0n) is 23.0. The number of hydrogen-bond donors (Lipinski definition) is 0. The van der Waals surface area contributed by atoms with Crippen molar-refractivity contribution in [3.8, 4) is 45.3 Å². The standard InChI is InChI=1S/C37H24N6/c1-2-10-28(11-3-1)37(29-16-20-38-21-17-29)32-13-5-4-12-30(32)31-15-14-25(22-33(31)37)34-41-35(26-8-6-18-39-23-26)43-36(42-34)27-9-7-19-40-24-27/h1-24H. The van der Waals surface area contributed by atoms with Gasteiger partial charge in [0.1, 0.15) is 0 Å². The Balaban J connectivity index is 1.41. The second-order valence-corrected chi connectivity index (χ2v) is 10.4. The first kappa shape index (κ1) is 24.9. The molecule has 0 saturated carbocycles. The molecule has 0 radical (unpaired) electrons. The van der Waals surface area contributed by atoms with Crippen LogP contribution in [-0.2, 0) is 5.41 Å². The van der Waals surface area contributed by atoms with Crippen LogP contribution in [0.4, 0.5) is 0 Å². The number of fused-ring (bicyclic) bond motifs is 3. The number of rotatable bonds is 5. The quantitative estimate of drug-likeness (QED) is 0.221. The molecule has 0 bridgehead atoms. The molecule has 202 valence electrons. The average Bonchev–Trinajstić information content (AvgIpc) is 3.40. The SMILES string of the molecule is c1ccc(C2(c3ccncc3)c3ccccc3-c3ccc(-c4nc(-c5cccnc5)nc(-c5cccnc5)n4)cc32)cc1. The molecule has 4 aromatic heterocycles. The van der Waals surface area contributed by atoms with Crippen LogP contribution in [0.2, 0.25) is 0 Å². The zero-order valence-corrected chi connectivity index (χ0v) is 23.0. The van der Waals surface area contributed by atoms with E-state index in [4.69, 9.17) is 15.0 Å². The topological polar surface area (TPSA) is 77.3 Å². The third-order valence-corrected chi connectivity index (χ3v) is 8.10. The lowest BCUT2D eigenvalue weighted by molar-refractivity contribution is 0.766. The summed E-state index contributed by atoms with van der Waals surface area (Å²) in [7, 11) is 0. The fourth-order valence-electron chi connectivity index (χ4n) is 6.25. The molecule has 1 atom stereocenters. The lowest BCUT2D eigenvalue weighted by Crippen LogP contribution is -2.28. The number of hydrogen-bond acceptors (Lipinski definition) is 6. The molecule has 3 aromatic carbocycles. The van der Waals surface area contributed by atoms with Gasteiger partial charge in [0, 0.05) is 53.9 Å². The van der Waals surface area contributed by atoms with Crippen molar-refractivity contribution < 1.29 is 0 Å². The smallest absolute Gasteiger partial charge is 0.165 e. The van der Waals surface area contributed by atoms with E-state index in [1.54, 1.807) is 24.8 Å². The van der Waals surface area contributed by atoms with Crippen LogP contribution in [0.15, 0.2) is 146 Å². The molecule has 0 amide bonds. The highest BCUT2D eigenvalue weighted by molar-refractivity contribution is 5.88. The molecule has 6 heteroatoms. The van der Waals surface area contributed by atoms with Crippen molar-refractivity contribution in [2.24, 2.45) is 0 Å². The van der Waals surface area contributed by atoms with Crippen molar-refractivity contribution in [2.75, 3.05) is 0 Å². The van der Waals surface area contributed by atoms with Crippen molar-refractivity contribution in [2.45, 2.75) is 5.41 Å². The molecule has 4 heterocycles. The fraction of sp³-hybridized carbons (Fsp3) is 0.0270. The first-order chi connectivity index (χ1) is 21.3. The van der Waals surface area contributed by atoms with Gasteiger partial charge in [0.05, 0.1) is 5.41 Å². The minimum Gasteiger partial charge on any atom is -0.265 e. The van der Waals surface area contributed by atoms with Crippen molar-refractivity contribution in [3.05, 3.63) is 169 Å². The van der Waals surface area contributed by atoms with Gasteiger partial charge in [-0.2, -0.15) is 0 Å². The van der Waals surface area contributed by atoms with E-state index < -0.39 is 5.41 Å². The highest BCUT2D eigenvalue weighted by atomic mass is 15.0. The lowest BCUT2D eigenvalue weighted by atomic mass is 9.68. The minimum absolute atomic E-state index is 0.544. The number of benzene rings is 3. The third-order valence-electron chi connectivity index (χ3n) is 8.10. The van der Waals surface area contributed by atoms with Gasteiger partial charge in [-0.25, -0.2) is 15.0 Å². The lowest BCUT2D eigenvalue weighted by Gasteiger charge is -2.33. The molecule has 1 aliphatic carbocycles. The van der Waals surface area contributed by atoms with Crippen LogP contribution in [0.5, 0.6) is 0 Å². The second-order valence-electron chi connectivity index (χ2n) is 10.4. The van der Waals surface area contributed by atoms with E-state index in [1.165, 1.54) is 27.8 Å². The molecule has 43 heavy (non-hydrogen) atoms. The van der Waals surface area contributed by atoms with Crippen molar-refractivity contribution >= 4 is 0 Å². The highest BCUT2D eigenvalue weighted by Gasteiger charge is 2.46. The van der Waals surface area contributed by atoms with E-state index >= 15 is 0 Å². The van der Waals surface area contributed by atoms with Crippen LogP contribution in [0, 0.1) is 0 Å². The summed E-state index contributed by atoms with van der Waals surface area (Å²) in [4.78, 5) is 27.7. The first-order valence-electron chi connectivity index (χ1n) is 14.1. The largest absolute Gasteiger partial charge is 0.265 e. The number of nitrogens with zero attached hydrogens (tertiary/aromatic N) is 6. The molecular formula is C37H24N6. The second kappa shape index (κ2) is 10.2. The van der Waals surface area contributed by atoms with Crippen molar-refractivity contribution in [1.29, 1.82) is 0 Å². The van der Waals surface area contributed by atoms with E-state index in [2.05, 4.69) is 99.9 Å². The van der Waals surface area contributed by atoms with Crippen LogP contribution in [0.25, 0.3) is 45.3 Å². The molecule has 0 saturated heterocycles. The van der Waals surface area contributed by atoms with Gasteiger partial charge < -0.3 is 0 Å². The van der Waals surface area contributed by atoms with E-state index in [-0.39, 0.29) is 0 Å². The first-order valence-corrected chi connectivity index (χ1v) is 14.1. The summed E-state index contributed by atoms with van der Waals surface area (Å²) < 4.78 is 0. The highest BCUT2D eigenvalue weighted by Crippen LogP contribution is 2.56. The Kier molecular flexibility index (Phi) is 5.90. The summed E-state index contributed by atoms with van der Waals surface area (Å²) in [5.74, 6) is 1.71. The molecule has 7 aromatic rings. The molecule has 0 fully saturated rings. The van der Waals surface area contributed by atoms with Crippen LogP contribution in [-0.4, -0.2) is 29.9 Å². The Morgan fingerprint density at radius 1 is 0.395 bits per heavy atom. The number of pyridine rings is 3. The molecular weight excluding hydrogens is 528 g/mol. The molecule has 0 aliphatic heterocycles. The van der Waals surface area contributed by atoms with Crippen LogP contribution < -0.4 is 0 Å². The monoisotopic (exact) mass is 552 g/mol. The number of aromatic nitrogens is 6. The maximum absolute atomic E-state index is 4.97. The molecule has 1 unspecified atom stereocenters. The Morgan fingerprint density at radius 2 is 0.977 bits per heavy atom. The summed E-state index contributed by atoms with van der Waals surface area (Å²) in [6, 6.07) is 37.9. The summed E-state index contributed by atoms with van der Waals surface area (Å²) in [6.45, 7) is 0. The zero-order chi connectivity index (χ0) is 28.6. The fourth-order valence-corrected chi connectivity index (χ4v) is 6.25. The van der Waals surface area contributed by atoms with Gasteiger partial charge >= 0.3 is 0 Å². The Hall–Kier alpha value is -5.88. The van der Waals surface area contributed by atoms with E-state index in [0.29, 0.717) is 17.5 Å². The third kappa shape index (κ3) is 4.03. The van der Waals surface area contributed by atoms with E-state index in [1.807, 2.05) is 36.7 Å². The van der Waals surface area contributed by atoms with Crippen LogP contribution in [0.3, 0.4) is 0 Å². The van der Waals surface area contributed by atoms with Crippen molar-refractivity contribution in [1.82, 2.24) is 29.9 Å². The normalized spacial score (nSPS) is 15.1. The maximum atomic E-state index is 4.97. The van der Waals surface area contributed by atoms with Gasteiger partial charge in [-0.05, 0) is 75.8 Å². The summed E-state index contributed by atoms with van der Waals surface area (Å²) in [5.41, 5.74) is 9.15. The van der Waals surface area contributed by atoms with Gasteiger partial charge in [0.15, 0.2) is 17.5 Å². The maximum Gasteiger partial charge on any atom is 0.165 e. The van der Waals surface area contributed by atoms with Gasteiger partial charge in [-0.1, -0.05) is 66.7 Å².